The van der Waals surface area contributed by atoms with Crippen molar-refractivity contribution in [3.05, 3.63) is 24.3 Å². The van der Waals surface area contributed by atoms with E-state index in [9.17, 15) is 13.2 Å². The minimum absolute atomic E-state index is 0.0783. The van der Waals surface area contributed by atoms with Gasteiger partial charge in [0, 0.05) is 38.8 Å². The molecule has 1 fully saturated rings. The Bertz CT molecular complexity index is 665. The van der Waals surface area contributed by atoms with Gasteiger partial charge in [-0.2, -0.15) is 0 Å². The minimum atomic E-state index is -3.44. The van der Waals surface area contributed by atoms with E-state index in [-0.39, 0.29) is 24.9 Å². The molecule has 1 N–H and O–H groups in total. The van der Waals surface area contributed by atoms with E-state index in [1.54, 1.807) is 12.1 Å². The second-order valence-corrected chi connectivity index (χ2v) is 8.81. The van der Waals surface area contributed by atoms with E-state index in [1.807, 2.05) is 31.1 Å². The fourth-order valence-electron chi connectivity index (χ4n) is 3.15. The van der Waals surface area contributed by atoms with E-state index in [4.69, 9.17) is 0 Å². The molecule has 7 heteroatoms. The third kappa shape index (κ3) is 5.92. The molecule has 1 amide bonds. The van der Waals surface area contributed by atoms with Crippen molar-refractivity contribution in [1.82, 2.24) is 5.32 Å². The number of rotatable bonds is 7. The first-order valence-corrected chi connectivity index (χ1v) is 10.7. The number of carbonyl (C=O) groups is 1. The summed E-state index contributed by atoms with van der Waals surface area (Å²) in [7, 11) is 0.419. The number of amides is 1. The molecule has 1 saturated carbocycles. The van der Waals surface area contributed by atoms with Gasteiger partial charge in [-0.15, -0.1) is 0 Å². The smallest absolute Gasteiger partial charge is 0.232 e. The number of nitrogens with one attached hydrogen (secondary N) is 1. The Hall–Kier alpha value is -1.76. The summed E-state index contributed by atoms with van der Waals surface area (Å²) in [6.07, 6.45) is 6.92. The molecule has 1 aliphatic carbocycles. The van der Waals surface area contributed by atoms with Crippen LogP contribution in [-0.4, -0.2) is 47.3 Å². The Kier molecular flexibility index (Phi) is 6.70. The summed E-state index contributed by atoms with van der Waals surface area (Å²) in [6.45, 7) is 0.151. The van der Waals surface area contributed by atoms with Crippen LogP contribution in [0.2, 0.25) is 0 Å². The lowest BCUT2D eigenvalue weighted by Gasteiger charge is -2.25. The average molecular weight is 368 g/mol. The molecule has 0 aliphatic heterocycles. The van der Waals surface area contributed by atoms with Gasteiger partial charge in [0.1, 0.15) is 0 Å². The van der Waals surface area contributed by atoms with Crippen LogP contribution in [0.25, 0.3) is 0 Å². The van der Waals surface area contributed by atoms with E-state index >= 15 is 0 Å². The third-order valence-electron chi connectivity index (χ3n) is 4.57. The van der Waals surface area contributed by atoms with Gasteiger partial charge in [-0.05, 0) is 37.1 Å². The molecule has 2 rings (SSSR count). The van der Waals surface area contributed by atoms with Crippen molar-refractivity contribution >= 4 is 27.3 Å². The first-order chi connectivity index (χ1) is 11.8. The summed E-state index contributed by atoms with van der Waals surface area (Å²) in [5.74, 6) is -0.0783. The van der Waals surface area contributed by atoms with E-state index in [2.05, 4.69) is 5.32 Å². The van der Waals surface area contributed by atoms with Crippen molar-refractivity contribution in [2.75, 3.05) is 36.1 Å². The molecule has 0 atom stereocenters. The lowest BCUT2D eigenvalue weighted by Crippen LogP contribution is -2.39. The molecule has 0 spiro atoms. The van der Waals surface area contributed by atoms with Crippen molar-refractivity contribution < 1.29 is 13.2 Å². The summed E-state index contributed by atoms with van der Waals surface area (Å²) >= 11 is 0. The van der Waals surface area contributed by atoms with Crippen molar-refractivity contribution in [2.24, 2.45) is 0 Å². The zero-order valence-electron chi connectivity index (χ0n) is 15.4. The Morgan fingerprint density at radius 3 is 2.16 bits per heavy atom. The SMILES string of the molecule is CN(C)c1ccc(N(CCC(=O)NC2CCCCC2)S(C)(=O)=O)cc1. The topological polar surface area (TPSA) is 69.7 Å². The Morgan fingerprint density at radius 1 is 1.08 bits per heavy atom. The zero-order valence-corrected chi connectivity index (χ0v) is 16.2. The number of carbonyl (C=O) groups excluding carboxylic acids is 1. The molecule has 0 saturated heterocycles. The highest BCUT2D eigenvalue weighted by molar-refractivity contribution is 7.92. The molecule has 6 nitrogen and oxygen atoms in total. The maximum Gasteiger partial charge on any atom is 0.232 e. The Morgan fingerprint density at radius 2 is 1.64 bits per heavy atom. The fraction of sp³-hybridized carbons (Fsp3) is 0.611. The van der Waals surface area contributed by atoms with Crippen LogP contribution in [0.5, 0.6) is 0 Å². The number of hydrogen-bond donors (Lipinski definition) is 1. The predicted octanol–water partition coefficient (Wildman–Crippen LogP) is 2.36. The fourth-order valence-corrected chi connectivity index (χ4v) is 4.08. The van der Waals surface area contributed by atoms with Gasteiger partial charge in [0.05, 0.1) is 11.9 Å². The Labute approximate surface area is 151 Å². The predicted molar refractivity (Wildman–Crippen MR) is 103 cm³/mol. The van der Waals surface area contributed by atoms with E-state index in [0.29, 0.717) is 5.69 Å². The van der Waals surface area contributed by atoms with E-state index in [0.717, 1.165) is 31.4 Å². The molecule has 0 aromatic heterocycles. The summed E-state index contributed by atoms with van der Waals surface area (Å²) in [4.78, 5) is 14.1. The van der Waals surface area contributed by atoms with Crippen molar-refractivity contribution in [3.63, 3.8) is 0 Å². The Balaban J connectivity index is 1.99. The molecule has 1 aromatic rings. The molecule has 140 valence electrons. The van der Waals surface area contributed by atoms with E-state index < -0.39 is 10.0 Å². The van der Waals surface area contributed by atoms with Gasteiger partial charge < -0.3 is 10.2 Å². The van der Waals surface area contributed by atoms with Gasteiger partial charge in [0.2, 0.25) is 15.9 Å². The van der Waals surface area contributed by atoms with Crippen molar-refractivity contribution in [3.8, 4) is 0 Å². The highest BCUT2D eigenvalue weighted by Gasteiger charge is 2.20. The number of nitrogens with zero attached hydrogens (tertiary/aromatic N) is 2. The van der Waals surface area contributed by atoms with Gasteiger partial charge in [0.25, 0.3) is 0 Å². The van der Waals surface area contributed by atoms with Gasteiger partial charge in [-0.1, -0.05) is 19.3 Å². The number of benzene rings is 1. The summed E-state index contributed by atoms with van der Waals surface area (Å²) in [5.41, 5.74) is 1.57. The summed E-state index contributed by atoms with van der Waals surface area (Å²) in [6, 6.07) is 7.53. The number of hydrogen-bond acceptors (Lipinski definition) is 4. The van der Waals surface area contributed by atoms with Crippen LogP contribution >= 0.6 is 0 Å². The molecule has 1 aliphatic rings. The number of sulfonamides is 1. The highest BCUT2D eigenvalue weighted by atomic mass is 32.2. The lowest BCUT2D eigenvalue weighted by atomic mass is 9.95. The van der Waals surface area contributed by atoms with Gasteiger partial charge in [-0.25, -0.2) is 8.42 Å². The first-order valence-electron chi connectivity index (χ1n) is 8.82. The van der Waals surface area contributed by atoms with Gasteiger partial charge in [-0.3, -0.25) is 9.10 Å². The minimum Gasteiger partial charge on any atom is -0.378 e. The van der Waals surface area contributed by atoms with Crippen LogP contribution in [0, 0.1) is 0 Å². The molecule has 25 heavy (non-hydrogen) atoms. The normalized spacial score (nSPS) is 15.6. The van der Waals surface area contributed by atoms with Crippen LogP contribution in [-0.2, 0) is 14.8 Å². The average Bonchev–Trinajstić information content (AvgIpc) is 2.55. The lowest BCUT2D eigenvalue weighted by molar-refractivity contribution is -0.121. The molecule has 0 radical (unpaired) electrons. The maximum atomic E-state index is 12.2. The molecular formula is C18H29N3O3S. The maximum absolute atomic E-state index is 12.2. The van der Waals surface area contributed by atoms with Crippen LogP contribution in [0.4, 0.5) is 11.4 Å². The van der Waals surface area contributed by atoms with Crippen molar-refractivity contribution in [1.29, 1.82) is 0 Å². The largest absolute Gasteiger partial charge is 0.378 e. The van der Waals surface area contributed by atoms with Crippen LogP contribution in [0.1, 0.15) is 38.5 Å². The molecular weight excluding hydrogens is 338 g/mol. The number of anilines is 2. The second kappa shape index (κ2) is 8.56. The first kappa shape index (κ1) is 19.6. The third-order valence-corrected chi connectivity index (χ3v) is 5.76. The molecule has 1 aromatic carbocycles. The van der Waals surface area contributed by atoms with Crippen LogP contribution < -0.4 is 14.5 Å². The molecule has 0 unspecified atom stereocenters. The monoisotopic (exact) mass is 367 g/mol. The van der Waals surface area contributed by atoms with Gasteiger partial charge in [0.15, 0.2) is 0 Å². The standard InChI is InChI=1S/C18H29N3O3S/c1-20(2)16-9-11-17(12-10-16)21(25(3,23)24)14-13-18(22)19-15-7-5-4-6-8-15/h9-12,15H,4-8,13-14H2,1-3H3,(H,19,22). The van der Waals surface area contributed by atoms with Crippen molar-refractivity contribution in [2.45, 2.75) is 44.6 Å². The highest BCUT2D eigenvalue weighted by Crippen LogP contribution is 2.22. The quantitative estimate of drug-likeness (QED) is 0.803. The van der Waals surface area contributed by atoms with Crippen LogP contribution in [0.3, 0.4) is 0 Å². The van der Waals surface area contributed by atoms with Crippen LogP contribution in [0.15, 0.2) is 24.3 Å². The second-order valence-electron chi connectivity index (χ2n) is 6.90. The molecule has 0 bridgehead atoms. The summed E-state index contributed by atoms with van der Waals surface area (Å²) in [5, 5.41) is 3.03. The summed E-state index contributed by atoms with van der Waals surface area (Å²) < 4.78 is 25.6. The molecule has 0 heterocycles. The van der Waals surface area contributed by atoms with Gasteiger partial charge >= 0.3 is 0 Å². The zero-order chi connectivity index (χ0) is 18.4. The van der Waals surface area contributed by atoms with E-state index in [1.165, 1.54) is 17.0 Å².